The van der Waals surface area contributed by atoms with Gasteiger partial charge >= 0.3 is 12.2 Å². The number of hydrogen-bond acceptors (Lipinski definition) is 6. The van der Waals surface area contributed by atoms with Crippen LogP contribution >= 0.6 is 0 Å². The highest BCUT2D eigenvalue weighted by molar-refractivity contribution is 6.23. The summed E-state index contributed by atoms with van der Waals surface area (Å²) in [6.45, 7) is 2.46. The van der Waals surface area contributed by atoms with Gasteiger partial charge in [0.05, 0.1) is 35.6 Å². The maximum absolute atomic E-state index is 13.3. The molecule has 1 aromatic carbocycles. The van der Waals surface area contributed by atoms with E-state index in [9.17, 15) is 27.6 Å². The largest absolute Gasteiger partial charge is 0.417 e. The molecule has 0 spiro atoms. The van der Waals surface area contributed by atoms with Crippen LogP contribution in [0.1, 0.15) is 30.7 Å². The minimum Gasteiger partial charge on any atom is -0.368 e. The molecule has 2 heterocycles. The van der Waals surface area contributed by atoms with Crippen LogP contribution < -0.4 is 10.6 Å². The smallest absolute Gasteiger partial charge is 0.368 e. The molecular formula is C18H16F3N7O3. The number of amides is 4. The number of imide groups is 1. The fourth-order valence-electron chi connectivity index (χ4n) is 3.14. The topological polar surface area (TPSA) is 138 Å². The number of primary amides is 1. The molecular weight excluding hydrogens is 419 g/mol. The van der Waals surface area contributed by atoms with E-state index >= 15 is 0 Å². The molecule has 0 atom stereocenters. The van der Waals surface area contributed by atoms with Crippen molar-refractivity contribution in [1.82, 2.24) is 19.9 Å². The van der Waals surface area contributed by atoms with Gasteiger partial charge in [-0.3, -0.25) is 9.59 Å². The summed E-state index contributed by atoms with van der Waals surface area (Å²) in [5.41, 5.74) is 1.73. The molecule has 1 aliphatic rings. The molecule has 2 N–H and O–H groups in total. The zero-order chi connectivity index (χ0) is 23.1. The predicted octanol–water partition coefficient (Wildman–Crippen LogP) is 1.40. The standard InChI is InChI=1S/C18H16F3N7O3/c1-17(2)15(30)28(12-4-3-10(6-22)13(5-12)18(19,20)21)16(31)27(17)8-11-7-26(25-24-11)9-14(23)29/h3-5,7H,8-9H2,1-2H3,(H2,23,29). The average Bonchev–Trinajstić information content (AvgIpc) is 3.17. The summed E-state index contributed by atoms with van der Waals surface area (Å²) in [5.74, 6) is -1.41. The molecule has 0 radical (unpaired) electrons. The van der Waals surface area contributed by atoms with Crippen molar-refractivity contribution < 1.29 is 27.6 Å². The van der Waals surface area contributed by atoms with Gasteiger partial charge in [-0.15, -0.1) is 5.10 Å². The van der Waals surface area contributed by atoms with Gasteiger partial charge in [0, 0.05) is 0 Å². The molecule has 13 heteroatoms. The molecule has 0 bridgehead atoms. The molecule has 10 nitrogen and oxygen atoms in total. The van der Waals surface area contributed by atoms with Crippen LogP contribution in [0.25, 0.3) is 0 Å². The van der Waals surface area contributed by atoms with Crippen LogP contribution in [0, 0.1) is 11.3 Å². The lowest BCUT2D eigenvalue weighted by atomic mass is 10.0. The molecule has 31 heavy (non-hydrogen) atoms. The number of rotatable bonds is 5. The second-order valence-corrected chi connectivity index (χ2v) is 7.28. The zero-order valence-electron chi connectivity index (χ0n) is 16.3. The van der Waals surface area contributed by atoms with Crippen LogP contribution in [0.2, 0.25) is 0 Å². The van der Waals surface area contributed by atoms with Crippen LogP contribution in [-0.2, 0) is 28.9 Å². The fourth-order valence-corrected chi connectivity index (χ4v) is 3.14. The third-order valence-electron chi connectivity index (χ3n) is 4.73. The number of benzene rings is 1. The number of carbonyl (C=O) groups is 3. The molecule has 1 aliphatic heterocycles. The molecule has 1 saturated heterocycles. The van der Waals surface area contributed by atoms with Crippen molar-refractivity contribution in [2.75, 3.05) is 4.90 Å². The number of halogens is 3. The third-order valence-corrected chi connectivity index (χ3v) is 4.73. The van der Waals surface area contributed by atoms with Gasteiger partial charge in [0.2, 0.25) is 5.91 Å². The molecule has 0 saturated carbocycles. The van der Waals surface area contributed by atoms with Gasteiger partial charge in [-0.25, -0.2) is 14.4 Å². The normalized spacial score (nSPS) is 16.0. The van der Waals surface area contributed by atoms with Crippen molar-refractivity contribution in [2.24, 2.45) is 5.73 Å². The van der Waals surface area contributed by atoms with Gasteiger partial charge < -0.3 is 10.6 Å². The Hall–Kier alpha value is -3.95. The predicted molar refractivity (Wildman–Crippen MR) is 97.9 cm³/mol. The first kappa shape index (κ1) is 21.8. The van der Waals surface area contributed by atoms with E-state index in [2.05, 4.69) is 10.3 Å². The Balaban J connectivity index is 1.95. The van der Waals surface area contributed by atoms with E-state index in [1.165, 1.54) is 26.1 Å². The highest BCUT2D eigenvalue weighted by Gasteiger charge is 2.52. The van der Waals surface area contributed by atoms with Gasteiger partial charge in [0.15, 0.2) is 0 Å². The fraction of sp³-hybridized carbons (Fsp3) is 0.333. The van der Waals surface area contributed by atoms with Crippen molar-refractivity contribution in [3.8, 4) is 6.07 Å². The molecule has 2 aromatic rings. The summed E-state index contributed by atoms with van der Waals surface area (Å²) in [5, 5.41) is 16.5. The van der Waals surface area contributed by atoms with Crippen molar-refractivity contribution in [3.05, 3.63) is 41.2 Å². The third kappa shape index (κ3) is 3.91. The summed E-state index contributed by atoms with van der Waals surface area (Å²) in [4.78, 5) is 38.6. The number of nitrogens with zero attached hydrogens (tertiary/aromatic N) is 6. The first-order valence-corrected chi connectivity index (χ1v) is 8.81. The lowest BCUT2D eigenvalue weighted by molar-refractivity contribution is -0.137. The van der Waals surface area contributed by atoms with Gasteiger partial charge in [0.1, 0.15) is 17.8 Å². The number of carbonyl (C=O) groups excluding carboxylic acids is 3. The Morgan fingerprint density at radius 3 is 2.55 bits per heavy atom. The maximum atomic E-state index is 13.3. The minimum atomic E-state index is -4.85. The van der Waals surface area contributed by atoms with Crippen molar-refractivity contribution in [2.45, 2.75) is 38.7 Å². The lowest BCUT2D eigenvalue weighted by Gasteiger charge is -2.26. The number of nitrogens with two attached hydrogens (primary N) is 1. The van der Waals surface area contributed by atoms with Crippen molar-refractivity contribution in [1.29, 1.82) is 5.26 Å². The average molecular weight is 435 g/mol. The molecule has 1 fully saturated rings. The summed E-state index contributed by atoms with van der Waals surface area (Å²) in [7, 11) is 0. The zero-order valence-corrected chi connectivity index (χ0v) is 16.3. The first-order valence-electron chi connectivity index (χ1n) is 8.81. The summed E-state index contributed by atoms with van der Waals surface area (Å²) < 4.78 is 41.1. The van der Waals surface area contributed by atoms with Gasteiger partial charge in [-0.05, 0) is 32.0 Å². The molecule has 0 unspecified atom stereocenters. The van der Waals surface area contributed by atoms with Crippen LogP contribution in [0.15, 0.2) is 24.4 Å². The van der Waals surface area contributed by atoms with Gasteiger partial charge in [-0.2, -0.15) is 18.4 Å². The van der Waals surface area contributed by atoms with E-state index in [1.807, 2.05) is 0 Å². The van der Waals surface area contributed by atoms with E-state index in [1.54, 1.807) is 0 Å². The highest BCUT2D eigenvalue weighted by atomic mass is 19.4. The first-order chi connectivity index (χ1) is 14.4. The van der Waals surface area contributed by atoms with Crippen molar-refractivity contribution >= 4 is 23.5 Å². The number of urea groups is 1. The molecule has 4 amide bonds. The SMILES string of the molecule is CC1(C)C(=O)N(c2ccc(C#N)c(C(F)(F)F)c2)C(=O)N1Cc1cn(CC(N)=O)nn1. The minimum absolute atomic E-state index is 0.185. The summed E-state index contributed by atoms with van der Waals surface area (Å²) in [6, 6.07) is 3.19. The Morgan fingerprint density at radius 2 is 1.97 bits per heavy atom. The van der Waals surface area contributed by atoms with Crippen LogP contribution in [-0.4, -0.2) is 43.3 Å². The van der Waals surface area contributed by atoms with Crippen LogP contribution in [0.3, 0.4) is 0 Å². The molecule has 3 rings (SSSR count). The number of aromatic nitrogens is 3. The Bertz CT molecular complexity index is 1120. The quantitative estimate of drug-likeness (QED) is 0.705. The summed E-state index contributed by atoms with van der Waals surface area (Å²) >= 11 is 0. The highest BCUT2D eigenvalue weighted by Crippen LogP contribution is 2.38. The Morgan fingerprint density at radius 1 is 1.29 bits per heavy atom. The van der Waals surface area contributed by atoms with E-state index in [0.29, 0.717) is 11.0 Å². The number of anilines is 1. The molecule has 162 valence electrons. The maximum Gasteiger partial charge on any atom is 0.417 e. The van der Waals surface area contributed by atoms with Gasteiger partial charge in [-0.1, -0.05) is 5.21 Å². The second-order valence-electron chi connectivity index (χ2n) is 7.28. The molecule has 0 aliphatic carbocycles. The second kappa shape index (κ2) is 7.38. The number of nitriles is 1. The van der Waals surface area contributed by atoms with Crippen molar-refractivity contribution in [3.63, 3.8) is 0 Å². The Labute approximate surface area is 173 Å². The van der Waals surface area contributed by atoms with Crippen LogP contribution in [0.4, 0.5) is 23.7 Å². The Kier molecular flexibility index (Phi) is 5.18. The molecule has 1 aromatic heterocycles. The lowest BCUT2D eigenvalue weighted by Crippen LogP contribution is -2.43. The van der Waals surface area contributed by atoms with E-state index in [4.69, 9.17) is 11.0 Å². The van der Waals surface area contributed by atoms with Gasteiger partial charge in [0.25, 0.3) is 5.91 Å². The number of alkyl halides is 3. The monoisotopic (exact) mass is 435 g/mol. The number of hydrogen-bond donors (Lipinski definition) is 1. The summed E-state index contributed by atoms with van der Waals surface area (Å²) in [6.07, 6.45) is -3.48. The van der Waals surface area contributed by atoms with E-state index in [-0.39, 0.29) is 24.5 Å². The van der Waals surface area contributed by atoms with E-state index in [0.717, 1.165) is 21.7 Å². The van der Waals surface area contributed by atoms with E-state index < -0.39 is 40.7 Å². The van der Waals surface area contributed by atoms with Crippen LogP contribution in [0.5, 0.6) is 0 Å².